The summed E-state index contributed by atoms with van der Waals surface area (Å²) >= 11 is 0. The molecule has 4 saturated carbocycles. The molecule has 0 N–H and O–H groups in total. The highest BCUT2D eigenvalue weighted by molar-refractivity contribution is 5.87. The molecule has 2 unspecified atom stereocenters. The van der Waals surface area contributed by atoms with Crippen LogP contribution < -0.4 is 0 Å². The van der Waals surface area contributed by atoms with Gasteiger partial charge in [-0.25, -0.2) is 9.59 Å². The Balaban J connectivity index is 1.95. The van der Waals surface area contributed by atoms with Crippen LogP contribution in [0.1, 0.15) is 73.1 Å². The standard InChI is InChI=1S/C23H34O4/c1-8-18(24)26-20(4,5)22-10-16-9-17(11-22)13-23(12-16,14-22)21(6,7)27-19(25)15(2)3/h8,16-17H,1-2,9-14H2,3-7H3. The van der Waals surface area contributed by atoms with Gasteiger partial charge in [0, 0.05) is 22.5 Å². The van der Waals surface area contributed by atoms with Gasteiger partial charge in [0.05, 0.1) is 0 Å². The zero-order chi connectivity index (χ0) is 20.3. The lowest BCUT2D eigenvalue weighted by atomic mass is 9.38. The maximum atomic E-state index is 12.3. The Bertz CT molecular complexity index is 670. The normalized spacial score (nSPS) is 34.9. The van der Waals surface area contributed by atoms with Crippen molar-refractivity contribution in [3.05, 3.63) is 24.8 Å². The van der Waals surface area contributed by atoms with E-state index in [1.54, 1.807) is 6.92 Å². The molecule has 0 heterocycles. The molecule has 4 fully saturated rings. The molecule has 27 heavy (non-hydrogen) atoms. The fraction of sp³-hybridized carbons (Fsp3) is 0.739. The van der Waals surface area contributed by atoms with Crippen LogP contribution in [0.15, 0.2) is 24.8 Å². The van der Waals surface area contributed by atoms with Crippen LogP contribution in [-0.4, -0.2) is 23.1 Å². The molecule has 0 aromatic rings. The van der Waals surface area contributed by atoms with Crippen molar-refractivity contribution < 1.29 is 19.1 Å². The van der Waals surface area contributed by atoms with Crippen molar-refractivity contribution in [2.75, 3.05) is 0 Å². The van der Waals surface area contributed by atoms with Gasteiger partial charge in [-0.3, -0.25) is 0 Å². The van der Waals surface area contributed by atoms with E-state index in [2.05, 4.69) is 27.0 Å². The van der Waals surface area contributed by atoms with Gasteiger partial charge in [-0.05, 0) is 85.0 Å². The lowest BCUT2D eigenvalue weighted by Crippen LogP contribution is -2.65. The second-order valence-electron chi connectivity index (χ2n) is 10.3. The summed E-state index contributed by atoms with van der Waals surface area (Å²) in [5.41, 5.74) is -0.883. The molecule has 0 spiro atoms. The number of ether oxygens (including phenoxy) is 2. The van der Waals surface area contributed by atoms with Gasteiger partial charge in [0.1, 0.15) is 11.2 Å². The van der Waals surface area contributed by atoms with Gasteiger partial charge >= 0.3 is 11.9 Å². The quantitative estimate of drug-likeness (QED) is 0.486. The van der Waals surface area contributed by atoms with E-state index in [1.807, 2.05) is 13.8 Å². The molecular formula is C23H34O4. The first kappa shape index (κ1) is 20.2. The highest BCUT2D eigenvalue weighted by Crippen LogP contribution is 2.71. The minimum Gasteiger partial charge on any atom is -0.456 e. The largest absolute Gasteiger partial charge is 0.456 e. The summed E-state index contributed by atoms with van der Waals surface area (Å²) in [7, 11) is 0. The van der Waals surface area contributed by atoms with Gasteiger partial charge in [0.15, 0.2) is 0 Å². The van der Waals surface area contributed by atoms with Crippen LogP contribution in [0.25, 0.3) is 0 Å². The lowest BCUT2D eigenvalue weighted by Gasteiger charge is -2.68. The van der Waals surface area contributed by atoms with Crippen molar-refractivity contribution in [3.63, 3.8) is 0 Å². The SMILES string of the molecule is C=CC(=O)OC(C)(C)C12CC3CC(C1)CC(C(C)(C)OC(=O)C(=C)C)(C3)C2. The number of esters is 2. The first-order valence-electron chi connectivity index (χ1n) is 10.1. The lowest BCUT2D eigenvalue weighted by molar-refractivity contribution is -0.248. The Hall–Kier alpha value is -1.58. The summed E-state index contributed by atoms with van der Waals surface area (Å²) in [5, 5.41) is 0. The fourth-order valence-electron chi connectivity index (χ4n) is 6.50. The molecule has 4 nitrogen and oxygen atoms in total. The van der Waals surface area contributed by atoms with Gasteiger partial charge in [-0.15, -0.1) is 0 Å². The second-order valence-corrected chi connectivity index (χ2v) is 10.3. The van der Waals surface area contributed by atoms with Crippen molar-refractivity contribution in [1.82, 2.24) is 0 Å². The molecule has 4 bridgehead atoms. The number of carbonyl (C=O) groups is 2. The van der Waals surface area contributed by atoms with Crippen LogP contribution in [0.5, 0.6) is 0 Å². The summed E-state index contributed by atoms with van der Waals surface area (Å²) in [6, 6.07) is 0. The van der Waals surface area contributed by atoms with Crippen LogP contribution in [0.4, 0.5) is 0 Å². The average molecular weight is 375 g/mol. The third kappa shape index (κ3) is 3.15. The Morgan fingerprint density at radius 2 is 1.41 bits per heavy atom. The predicted molar refractivity (Wildman–Crippen MR) is 105 cm³/mol. The fourth-order valence-corrected chi connectivity index (χ4v) is 6.50. The smallest absolute Gasteiger partial charge is 0.333 e. The van der Waals surface area contributed by atoms with E-state index in [9.17, 15) is 9.59 Å². The molecule has 0 aliphatic heterocycles. The van der Waals surface area contributed by atoms with E-state index in [1.165, 1.54) is 12.5 Å². The average Bonchev–Trinajstić information content (AvgIpc) is 2.52. The molecule has 4 heteroatoms. The van der Waals surface area contributed by atoms with Crippen molar-refractivity contribution in [2.24, 2.45) is 22.7 Å². The van der Waals surface area contributed by atoms with Crippen LogP contribution in [-0.2, 0) is 19.1 Å². The Labute approximate surface area is 163 Å². The van der Waals surface area contributed by atoms with Crippen LogP contribution in [0.2, 0.25) is 0 Å². The van der Waals surface area contributed by atoms with Crippen LogP contribution in [0, 0.1) is 22.7 Å². The number of hydrogen-bond donors (Lipinski definition) is 0. The highest BCUT2D eigenvalue weighted by atomic mass is 16.6. The van der Waals surface area contributed by atoms with E-state index >= 15 is 0 Å². The summed E-state index contributed by atoms with van der Waals surface area (Å²) < 4.78 is 11.9. The summed E-state index contributed by atoms with van der Waals surface area (Å²) in [6.07, 6.45) is 7.71. The van der Waals surface area contributed by atoms with E-state index in [4.69, 9.17) is 9.47 Å². The molecule has 4 aliphatic carbocycles. The van der Waals surface area contributed by atoms with Gasteiger partial charge in [-0.1, -0.05) is 13.2 Å². The van der Waals surface area contributed by atoms with Crippen LogP contribution in [0.3, 0.4) is 0 Å². The maximum absolute atomic E-state index is 12.3. The summed E-state index contributed by atoms with van der Waals surface area (Å²) in [5.74, 6) is 0.506. The van der Waals surface area contributed by atoms with Crippen molar-refractivity contribution >= 4 is 11.9 Å². The Morgan fingerprint density at radius 1 is 0.963 bits per heavy atom. The topological polar surface area (TPSA) is 52.6 Å². The Morgan fingerprint density at radius 3 is 1.81 bits per heavy atom. The van der Waals surface area contributed by atoms with E-state index < -0.39 is 11.2 Å². The van der Waals surface area contributed by atoms with Gasteiger partial charge in [0.2, 0.25) is 0 Å². The molecular weight excluding hydrogens is 340 g/mol. The minimum atomic E-state index is -0.579. The molecule has 0 aromatic heterocycles. The maximum Gasteiger partial charge on any atom is 0.333 e. The van der Waals surface area contributed by atoms with Crippen molar-refractivity contribution in [2.45, 2.75) is 84.3 Å². The number of rotatable bonds is 6. The van der Waals surface area contributed by atoms with Gasteiger partial charge < -0.3 is 9.47 Å². The summed E-state index contributed by atoms with van der Waals surface area (Å²) in [4.78, 5) is 24.3. The van der Waals surface area contributed by atoms with E-state index in [0.29, 0.717) is 17.4 Å². The van der Waals surface area contributed by atoms with Gasteiger partial charge in [-0.2, -0.15) is 0 Å². The zero-order valence-corrected chi connectivity index (χ0v) is 17.5. The van der Waals surface area contributed by atoms with Crippen molar-refractivity contribution in [1.29, 1.82) is 0 Å². The van der Waals surface area contributed by atoms with E-state index in [-0.39, 0.29) is 22.8 Å². The molecule has 150 valence electrons. The summed E-state index contributed by atoms with van der Waals surface area (Å²) in [6.45, 7) is 17.2. The highest BCUT2D eigenvalue weighted by Gasteiger charge is 2.67. The molecule has 4 rings (SSSR count). The van der Waals surface area contributed by atoms with E-state index in [0.717, 1.165) is 32.1 Å². The molecule has 0 aromatic carbocycles. The minimum absolute atomic E-state index is 0.0807. The predicted octanol–water partition coefficient (Wildman–Crippen LogP) is 4.98. The van der Waals surface area contributed by atoms with Crippen LogP contribution >= 0.6 is 0 Å². The number of hydrogen-bond acceptors (Lipinski definition) is 4. The first-order chi connectivity index (χ1) is 12.4. The molecule has 2 atom stereocenters. The molecule has 0 radical (unpaired) electrons. The Kier molecular flexibility index (Phi) is 4.64. The molecule has 4 aliphatic rings. The third-order valence-electron chi connectivity index (χ3n) is 7.83. The molecule has 0 saturated heterocycles. The zero-order valence-electron chi connectivity index (χ0n) is 17.5. The number of carbonyl (C=O) groups excluding carboxylic acids is 2. The second kappa shape index (κ2) is 6.22. The monoisotopic (exact) mass is 374 g/mol. The molecule has 0 amide bonds. The van der Waals surface area contributed by atoms with Gasteiger partial charge in [0.25, 0.3) is 0 Å². The first-order valence-corrected chi connectivity index (χ1v) is 10.1. The third-order valence-corrected chi connectivity index (χ3v) is 7.83. The van der Waals surface area contributed by atoms with Crippen molar-refractivity contribution in [3.8, 4) is 0 Å².